The van der Waals surface area contributed by atoms with Crippen molar-refractivity contribution in [2.24, 2.45) is 0 Å². The van der Waals surface area contributed by atoms with E-state index in [0.29, 0.717) is 0 Å². The number of anilines is 1. The fourth-order valence-corrected chi connectivity index (χ4v) is 2.39. The Morgan fingerprint density at radius 1 is 1.21 bits per heavy atom. The molecule has 1 amide bonds. The molecule has 2 nitrogen and oxygen atoms in total. The van der Waals surface area contributed by atoms with Gasteiger partial charge < -0.3 is 5.32 Å². The van der Waals surface area contributed by atoms with Crippen molar-refractivity contribution in [3.63, 3.8) is 0 Å². The number of benzene rings is 1. The third kappa shape index (κ3) is 7.73. The summed E-state index contributed by atoms with van der Waals surface area (Å²) in [5.41, 5.74) is 0.848. The predicted molar refractivity (Wildman–Crippen MR) is 84.5 cm³/mol. The zero-order chi connectivity index (χ0) is 13.9. The SMILES string of the molecule is CCCCCCC=CSc1ccc(NC(C)=O)cc1. The Balaban J connectivity index is 2.25. The van der Waals surface area contributed by atoms with E-state index in [1.54, 1.807) is 11.8 Å². The highest BCUT2D eigenvalue weighted by molar-refractivity contribution is 8.02. The van der Waals surface area contributed by atoms with Gasteiger partial charge in [-0.15, -0.1) is 0 Å². The summed E-state index contributed by atoms with van der Waals surface area (Å²) in [5.74, 6) is -0.0348. The van der Waals surface area contributed by atoms with Gasteiger partial charge in [-0.2, -0.15) is 0 Å². The van der Waals surface area contributed by atoms with Crippen LogP contribution in [0.5, 0.6) is 0 Å². The minimum absolute atomic E-state index is 0.0348. The van der Waals surface area contributed by atoms with Crippen LogP contribution in [0.4, 0.5) is 5.69 Å². The lowest BCUT2D eigenvalue weighted by atomic mass is 10.2. The van der Waals surface area contributed by atoms with Gasteiger partial charge in [0, 0.05) is 17.5 Å². The Bertz CT molecular complexity index is 398. The third-order valence-electron chi connectivity index (χ3n) is 2.70. The molecule has 19 heavy (non-hydrogen) atoms. The molecule has 0 bridgehead atoms. The van der Waals surface area contributed by atoms with Gasteiger partial charge in [-0.25, -0.2) is 0 Å². The van der Waals surface area contributed by atoms with Gasteiger partial charge in [0.2, 0.25) is 5.91 Å². The molecule has 0 aliphatic carbocycles. The molecule has 0 unspecified atom stereocenters. The second kappa shape index (κ2) is 9.68. The Morgan fingerprint density at radius 3 is 2.58 bits per heavy atom. The Kier molecular flexibility index (Phi) is 8.07. The second-order valence-corrected chi connectivity index (χ2v) is 5.52. The number of allylic oxidation sites excluding steroid dienone is 1. The zero-order valence-corrected chi connectivity index (χ0v) is 12.6. The molecular weight excluding hydrogens is 254 g/mol. The average Bonchev–Trinajstić information content (AvgIpc) is 2.39. The standard InChI is InChI=1S/C16H23NOS/c1-3-4-5-6-7-8-13-19-16-11-9-15(10-12-16)17-14(2)18/h8-13H,3-7H2,1-2H3,(H,17,18). The quantitative estimate of drug-likeness (QED) is 0.521. The van der Waals surface area contributed by atoms with Crippen molar-refractivity contribution < 1.29 is 4.79 Å². The highest BCUT2D eigenvalue weighted by Crippen LogP contribution is 2.21. The number of unbranched alkanes of at least 4 members (excludes halogenated alkanes) is 4. The number of hydrogen-bond acceptors (Lipinski definition) is 2. The van der Waals surface area contributed by atoms with Crippen LogP contribution in [-0.4, -0.2) is 5.91 Å². The van der Waals surface area contributed by atoms with E-state index >= 15 is 0 Å². The number of amides is 1. The van der Waals surface area contributed by atoms with Crippen molar-refractivity contribution in [3.8, 4) is 0 Å². The van der Waals surface area contributed by atoms with Crippen LogP contribution >= 0.6 is 11.8 Å². The van der Waals surface area contributed by atoms with Crippen LogP contribution in [0.15, 0.2) is 40.6 Å². The Hall–Kier alpha value is -1.22. The molecule has 0 radical (unpaired) electrons. The molecule has 0 atom stereocenters. The summed E-state index contributed by atoms with van der Waals surface area (Å²) in [6, 6.07) is 7.91. The van der Waals surface area contributed by atoms with E-state index in [4.69, 9.17) is 0 Å². The van der Waals surface area contributed by atoms with Gasteiger partial charge in [-0.3, -0.25) is 4.79 Å². The summed E-state index contributed by atoms with van der Waals surface area (Å²) in [7, 11) is 0. The highest BCUT2D eigenvalue weighted by Gasteiger charge is 1.95. The van der Waals surface area contributed by atoms with Crippen LogP contribution in [0.3, 0.4) is 0 Å². The predicted octanol–water partition coefficient (Wildman–Crippen LogP) is 5.22. The summed E-state index contributed by atoms with van der Waals surface area (Å²) < 4.78 is 0. The lowest BCUT2D eigenvalue weighted by Gasteiger charge is -2.02. The molecule has 0 aliphatic heterocycles. The molecule has 0 aliphatic rings. The maximum Gasteiger partial charge on any atom is 0.221 e. The van der Waals surface area contributed by atoms with Crippen LogP contribution in [0.2, 0.25) is 0 Å². The molecule has 1 N–H and O–H groups in total. The zero-order valence-electron chi connectivity index (χ0n) is 11.8. The van der Waals surface area contributed by atoms with Crippen molar-refractivity contribution in [2.45, 2.75) is 50.8 Å². The minimum atomic E-state index is -0.0348. The molecule has 0 saturated carbocycles. The van der Waals surface area contributed by atoms with Gasteiger partial charge in [-0.1, -0.05) is 44.0 Å². The van der Waals surface area contributed by atoms with E-state index in [1.165, 1.54) is 37.5 Å². The van der Waals surface area contributed by atoms with Gasteiger partial charge in [0.25, 0.3) is 0 Å². The first-order valence-electron chi connectivity index (χ1n) is 6.91. The molecular formula is C16H23NOS. The Morgan fingerprint density at radius 2 is 1.95 bits per heavy atom. The summed E-state index contributed by atoms with van der Waals surface area (Å²) in [6.45, 7) is 3.75. The average molecular weight is 277 g/mol. The van der Waals surface area contributed by atoms with Gasteiger partial charge in [0.1, 0.15) is 0 Å². The topological polar surface area (TPSA) is 29.1 Å². The molecule has 1 rings (SSSR count). The normalized spacial score (nSPS) is 10.8. The van der Waals surface area contributed by atoms with Crippen LogP contribution in [0.1, 0.15) is 46.0 Å². The minimum Gasteiger partial charge on any atom is -0.326 e. The fraction of sp³-hybridized carbons (Fsp3) is 0.438. The van der Waals surface area contributed by atoms with E-state index in [1.807, 2.05) is 24.3 Å². The van der Waals surface area contributed by atoms with E-state index in [9.17, 15) is 4.79 Å². The first-order valence-corrected chi connectivity index (χ1v) is 7.79. The van der Waals surface area contributed by atoms with E-state index in [0.717, 1.165) is 12.1 Å². The summed E-state index contributed by atoms with van der Waals surface area (Å²) >= 11 is 1.72. The fourth-order valence-electron chi connectivity index (χ4n) is 1.70. The lowest BCUT2D eigenvalue weighted by molar-refractivity contribution is -0.114. The van der Waals surface area contributed by atoms with E-state index in [2.05, 4.69) is 23.7 Å². The number of rotatable bonds is 8. The Labute approximate surface area is 120 Å². The van der Waals surface area contributed by atoms with Crippen molar-refractivity contribution >= 4 is 23.4 Å². The van der Waals surface area contributed by atoms with Crippen LogP contribution in [-0.2, 0) is 4.79 Å². The molecule has 0 aromatic heterocycles. The highest BCUT2D eigenvalue weighted by atomic mass is 32.2. The van der Waals surface area contributed by atoms with E-state index < -0.39 is 0 Å². The number of carbonyl (C=O) groups is 1. The molecule has 0 spiro atoms. The van der Waals surface area contributed by atoms with Crippen LogP contribution in [0, 0.1) is 0 Å². The molecule has 104 valence electrons. The van der Waals surface area contributed by atoms with Crippen LogP contribution < -0.4 is 5.32 Å². The first-order chi connectivity index (χ1) is 9.22. The lowest BCUT2D eigenvalue weighted by Crippen LogP contribution is -2.05. The van der Waals surface area contributed by atoms with Crippen molar-refractivity contribution in [2.75, 3.05) is 5.32 Å². The van der Waals surface area contributed by atoms with Crippen molar-refractivity contribution in [1.29, 1.82) is 0 Å². The van der Waals surface area contributed by atoms with E-state index in [-0.39, 0.29) is 5.91 Å². The first kappa shape index (κ1) is 15.8. The number of carbonyl (C=O) groups excluding carboxylic acids is 1. The van der Waals surface area contributed by atoms with Gasteiger partial charge in [0.15, 0.2) is 0 Å². The molecule has 0 saturated heterocycles. The van der Waals surface area contributed by atoms with Crippen LogP contribution in [0.25, 0.3) is 0 Å². The second-order valence-electron chi connectivity index (χ2n) is 4.54. The maximum absolute atomic E-state index is 10.9. The largest absolute Gasteiger partial charge is 0.326 e. The van der Waals surface area contributed by atoms with Crippen molar-refractivity contribution in [1.82, 2.24) is 0 Å². The van der Waals surface area contributed by atoms with Gasteiger partial charge >= 0.3 is 0 Å². The third-order valence-corrected chi connectivity index (χ3v) is 3.57. The molecule has 3 heteroatoms. The smallest absolute Gasteiger partial charge is 0.221 e. The van der Waals surface area contributed by atoms with Gasteiger partial charge in [0.05, 0.1) is 0 Å². The van der Waals surface area contributed by atoms with Crippen molar-refractivity contribution in [3.05, 3.63) is 35.7 Å². The number of nitrogens with one attached hydrogen (secondary N) is 1. The van der Waals surface area contributed by atoms with Gasteiger partial charge in [-0.05, 0) is 42.5 Å². The summed E-state index contributed by atoms with van der Waals surface area (Å²) in [5, 5.41) is 4.91. The molecule has 0 fully saturated rings. The monoisotopic (exact) mass is 277 g/mol. The summed E-state index contributed by atoms with van der Waals surface area (Å²) in [6.07, 6.45) is 8.65. The molecule has 0 heterocycles. The molecule has 1 aromatic rings. The maximum atomic E-state index is 10.9. The summed E-state index contributed by atoms with van der Waals surface area (Å²) in [4.78, 5) is 12.1. The number of hydrogen-bond donors (Lipinski definition) is 1. The number of thioether (sulfide) groups is 1. The molecule has 1 aromatic carbocycles.